The SMILES string of the molecule is Nc1nc(O)c2ncn(CCNC(=O)c3cc(-c4ccc(Cl)cc4)n[nH]3)c2n1. The van der Waals surface area contributed by atoms with Crippen LogP contribution in [0.25, 0.3) is 22.4 Å². The molecule has 0 fully saturated rings. The van der Waals surface area contributed by atoms with E-state index in [2.05, 4.69) is 30.5 Å². The maximum atomic E-state index is 12.3. The number of imidazole rings is 1. The van der Waals surface area contributed by atoms with Crippen LogP contribution in [0.5, 0.6) is 5.88 Å². The summed E-state index contributed by atoms with van der Waals surface area (Å²) in [5.74, 6) is -0.630. The van der Waals surface area contributed by atoms with Crippen LogP contribution in [-0.4, -0.2) is 47.3 Å². The van der Waals surface area contributed by atoms with Crippen molar-refractivity contribution in [2.75, 3.05) is 12.3 Å². The summed E-state index contributed by atoms with van der Waals surface area (Å²) in [6, 6.07) is 8.83. The highest BCUT2D eigenvalue weighted by Gasteiger charge is 2.13. The highest BCUT2D eigenvalue weighted by atomic mass is 35.5. The molecule has 4 aromatic rings. The van der Waals surface area contributed by atoms with Gasteiger partial charge in [-0.05, 0) is 18.2 Å². The maximum Gasteiger partial charge on any atom is 0.269 e. The Hall–Kier alpha value is -3.66. The van der Waals surface area contributed by atoms with Crippen LogP contribution in [0.15, 0.2) is 36.7 Å². The summed E-state index contributed by atoms with van der Waals surface area (Å²) in [5, 5.41) is 20.0. The molecule has 28 heavy (non-hydrogen) atoms. The van der Waals surface area contributed by atoms with E-state index in [1.807, 2.05) is 12.1 Å². The van der Waals surface area contributed by atoms with E-state index in [4.69, 9.17) is 17.3 Å². The first-order valence-corrected chi connectivity index (χ1v) is 8.66. The summed E-state index contributed by atoms with van der Waals surface area (Å²) in [5.41, 5.74) is 8.03. The second kappa shape index (κ2) is 7.16. The smallest absolute Gasteiger partial charge is 0.269 e. The minimum Gasteiger partial charge on any atom is -0.492 e. The number of fused-ring (bicyclic) bond motifs is 1. The first-order valence-electron chi connectivity index (χ1n) is 8.28. The van der Waals surface area contributed by atoms with E-state index >= 15 is 0 Å². The van der Waals surface area contributed by atoms with Crippen LogP contribution >= 0.6 is 11.6 Å². The Morgan fingerprint density at radius 1 is 1.29 bits per heavy atom. The molecular weight excluding hydrogens is 384 g/mol. The predicted molar refractivity (Wildman–Crippen MR) is 103 cm³/mol. The van der Waals surface area contributed by atoms with Crippen molar-refractivity contribution in [2.24, 2.45) is 0 Å². The van der Waals surface area contributed by atoms with Gasteiger partial charge in [0.05, 0.1) is 12.0 Å². The largest absolute Gasteiger partial charge is 0.492 e. The summed E-state index contributed by atoms with van der Waals surface area (Å²) in [6.07, 6.45) is 1.50. The fourth-order valence-electron chi connectivity index (χ4n) is 2.70. The summed E-state index contributed by atoms with van der Waals surface area (Å²) in [4.78, 5) is 24.1. The molecule has 0 aliphatic rings. The Morgan fingerprint density at radius 3 is 2.86 bits per heavy atom. The lowest BCUT2D eigenvalue weighted by molar-refractivity contribution is 0.0947. The van der Waals surface area contributed by atoms with Gasteiger partial charge in [0.1, 0.15) is 5.69 Å². The number of aromatic amines is 1. The van der Waals surface area contributed by atoms with Gasteiger partial charge >= 0.3 is 0 Å². The number of nitrogens with two attached hydrogens (primary N) is 1. The van der Waals surface area contributed by atoms with Crippen molar-refractivity contribution >= 4 is 34.6 Å². The number of halogens is 1. The highest BCUT2D eigenvalue weighted by Crippen LogP contribution is 2.21. The summed E-state index contributed by atoms with van der Waals surface area (Å²) >= 11 is 5.88. The van der Waals surface area contributed by atoms with Gasteiger partial charge in [0, 0.05) is 23.7 Å². The lowest BCUT2D eigenvalue weighted by atomic mass is 10.1. The molecule has 0 aliphatic heterocycles. The van der Waals surface area contributed by atoms with Crippen LogP contribution in [0.2, 0.25) is 5.02 Å². The van der Waals surface area contributed by atoms with Gasteiger partial charge in [0.25, 0.3) is 5.91 Å². The molecule has 0 saturated heterocycles. The number of hydrogen-bond donors (Lipinski definition) is 4. The zero-order chi connectivity index (χ0) is 19.7. The molecule has 0 spiro atoms. The quantitative estimate of drug-likeness (QED) is 0.399. The highest BCUT2D eigenvalue weighted by molar-refractivity contribution is 6.30. The molecule has 5 N–H and O–H groups in total. The van der Waals surface area contributed by atoms with Crippen molar-refractivity contribution in [1.82, 2.24) is 35.0 Å². The van der Waals surface area contributed by atoms with Crippen molar-refractivity contribution in [3.63, 3.8) is 0 Å². The third kappa shape index (κ3) is 3.45. The van der Waals surface area contributed by atoms with Crippen molar-refractivity contribution in [2.45, 2.75) is 6.54 Å². The summed E-state index contributed by atoms with van der Waals surface area (Å²) in [7, 11) is 0. The number of carbonyl (C=O) groups excluding carboxylic acids is 1. The molecule has 3 aromatic heterocycles. The minimum atomic E-state index is -0.297. The molecule has 4 rings (SSSR count). The number of amides is 1. The van der Waals surface area contributed by atoms with Crippen LogP contribution in [0.4, 0.5) is 5.95 Å². The van der Waals surface area contributed by atoms with Gasteiger partial charge in [-0.15, -0.1) is 0 Å². The number of nitrogen functional groups attached to an aromatic ring is 1. The maximum absolute atomic E-state index is 12.3. The van der Waals surface area contributed by atoms with Crippen LogP contribution in [0.1, 0.15) is 10.5 Å². The second-order valence-corrected chi connectivity index (χ2v) is 6.38. The number of carbonyl (C=O) groups is 1. The zero-order valence-corrected chi connectivity index (χ0v) is 15.2. The number of H-pyrrole nitrogens is 1. The number of anilines is 1. The van der Waals surface area contributed by atoms with Gasteiger partial charge in [-0.1, -0.05) is 23.7 Å². The molecular formula is C17H15ClN8O2. The molecule has 0 bridgehead atoms. The fraction of sp³-hybridized carbons (Fsp3) is 0.118. The third-order valence-corrected chi connectivity index (χ3v) is 4.32. The number of nitrogens with one attached hydrogen (secondary N) is 2. The first-order chi connectivity index (χ1) is 13.5. The lowest BCUT2D eigenvalue weighted by Crippen LogP contribution is -2.27. The molecule has 1 aromatic carbocycles. The van der Waals surface area contributed by atoms with Crippen LogP contribution in [0, 0.1) is 0 Å². The number of aromatic nitrogens is 6. The van der Waals surface area contributed by atoms with Crippen molar-refractivity contribution < 1.29 is 9.90 Å². The van der Waals surface area contributed by atoms with Gasteiger partial charge in [0.15, 0.2) is 11.2 Å². The molecule has 10 nitrogen and oxygen atoms in total. The topological polar surface area (TPSA) is 148 Å². The Bertz CT molecular complexity index is 1150. The minimum absolute atomic E-state index is 0.0528. The standard InChI is InChI=1S/C17H15ClN8O2/c18-10-3-1-9(2-4-10)11-7-12(25-24-11)15(27)20-5-6-26-8-21-13-14(26)22-17(19)23-16(13)28/h1-4,7-8H,5-6H2,(H,20,27)(H,24,25)(H3,19,22,23,28). The predicted octanol–water partition coefficient (Wildman–Crippen LogP) is 1.59. The number of nitrogens with zero attached hydrogens (tertiary/aromatic N) is 5. The van der Waals surface area contributed by atoms with E-state index < -0.39 is 0 Å². The molecule has 0 aliphatic carbocycles. The van der Waals surface area contributed by atoms with Crippen LogP contribution in [-0.2, 0) is 6.54 Å². The Morgan fingerprint density at radius 2 is 2.07 bits per heavy atom. The molecule has 0 radical (unpaired) electrons. The van der Waals surface area contributed by atoms with E-state index in [1.165, 1.54) is 6.33 Å². The summed E-state index contributed by atoms with van der Waals surface area (Å²) < 4.78 is 1.67. The van der Waals surface area contributed by atoms with Crippen molar-refractivity contribution in [3.8, 4) is 17.1 Å². The normalized spacial score (nSPS) is 11.0. The van der Waals surface area contributed by atoms with E-state index in [-0.39, 0.29) is 23.3 Å². The van der Waals surface area contributed by atoms with Crippen LogP contribution in [0.3, 0.4) is 0 Å². The molecule has 11 heteroatoms. The molecule has 1 amide bonds. The third-order valence-electron chi connectivity index (χ3n) is 4.06. The number of rotatable bonds is 5. The number of benzene rings is 1. The average molecular weight is 399 g/mol. The molecule has 0 unspecified atom stereocenters. The first kappa shape index (κ1) is 17.7. The van der Waals surface area contributed by atoms with Gasteiger partial charge in [0.2, 0.25) is 11.8 Å². The van der Waals surface area contributed by atoms with Gasteiger partial charge in [-0.2, -0.15) is 15.1 Å². The van der Waals surface area contributed by atoms with E-state index in [0.717, 1.165) is 5.56 Å². The van der Waals surface area contributed by atoms with E-state index in [0.29, 0.717) is 35.1 Å². The van der Waals surface area contributed by atoms with E-state index in [1.54, 1.807) is 22.8 Å². The average Bonchev–Trinajstić information content (AvgIpc) is 3.30. The molecule has 3 heterocycles. The monoisotopic (exact) mass is 398 g/mol. The summed E-state index contributed by atoms with van der Waals surface area (Å²) in [6.45, 7) is 0.695. The Kier molecular flexibility index (Phi) is 4.53. The van der Waals surface area contributed by atoms with Crippen molar-refractivity contribution in [1.29, 1.82) is 0 Å². The number of hydrogen-bond acceptors (Lipinski definition) is 7. The van der Waals surface area contributed by atoms with Gasteiger partial charge in [-0.3, -0.25) is 9.89 Å². The van der Waals surface area contributed by atoms with Gasteiger partial charge in [-0.25, -0.2) is 4.98 Å². The molecule has 142 valence electrons. The van der Waals surface area contributed by atoms with Crippen LogP contribution < -0.4 is 11.1 Å². The second-order valence-electron chi connectivity index (χ2n) is 5.95. The molecule has 0 saturated carbocycles. The zero-order valence-electron chi connectivity index (χ0n) is 14.4. The molecule has 0 atom stereocenters. The fourth-order valence-corrected chi connectivity index (χ4v) is 2.83. The Labute approximate surface area is 163 Å². The van der Waals surface area contributed by atoms with Gasteiger partial charge < -0.3 is 20.7 Å². The lowest BCUT2D eigenvalue weighted by Gasteiger charge is -2.05. The Balaban J connectivity index is 1.41. The van der Waals surface area contributed by atoms with Crippen molar-refractivity contribution in [3.05, 3.63) is 47.4 Å². The van der Waals surface area contributed by atoms with E-state index in [9.17, 15) is 9.90 Å². The number of aromatic hydroxyl groups is 1.